The lowest BCUT2D eigenvalue weighted by Crippen LogP contribution is -2.21. The zero-order valence-corrected chi connectivity index (χ0v) is 8.00. The van der Waals surface area contributed by atoms with Crippen LogP contribution in [0.25, 0.3) is 11.3 Å². The summed E-state index contributed by atoms with van der Waals surface area (Å²) in [5.74, 6) is -1.72. The number of ketones is 2. The maximum atomic E-state index is 12.1. The molecule has 0 spiro atoms. The Morgan fingerprint density at radius 3 is 2.50 bits per heavy atom. The molecule has 1 heterocycles. The standard InChI is InChI=1S/C13H7NO2/c15-12-9-5-2-1-4-8(9)11-10(13(12)16)6-3-7-14-11/h1-7H/i1D,2D,4D,5D. The number of aromatic nitrogens is 1. The van der Waals surface area contributed by atoms with Gasteiger partial charge in [-0.15, -0.1) is 0 Å². The van der Waals surface area contributed by atoms with Crippen LogP contribution in [0.15, 0.2) is 42.5 Å². The molecule has 0 bridgehead atoms. The Hall–Kier alpha value is -2.29. The monoisotopic (exact) mass is 213 g/mol. The van der Waals surface area contributed by atoms with E-state index in [0.717, 1.165) is 0 Å². The van der Waals surface area contributed by atoms with E-state index in [2.05, 4.69) is 4.98 Å². The van der Waals surface area contributed by atoms with Crippen molar-refractivity contribution < 1.29 is 15.1 Å². The second-order valence-corrected chi connectivity index (χ2v) is 3.31. The van der Waals surface area contributed by atoms with E-state index in [9.17, 15) is 9.59 Å². The minimum absolute atomic E-state index is 0.00352. The number of fused-ring (bicyclic) bond motifs is 3. The van der Waals surface area contributed by atoms with Crippen LogP contribution in [0.3, 0.4) is 0 Å². The minimum atomic E-state index is -0.924. The number of hydrogen-bond acceptors (Lipinski definition) is 3. The molecule has 1 aliphatic rings. The zero-order chi connectivity index (χ0) is 14.6. The highest BCUT2D eigenvalue weighted by Gasteiger charge is 2.30. The van der Waals surface area contributed by atoms with Crippen molar-refractivity contribution in [1.82, 2.24) is 4.98 Å². The van der Waals surface area contributed by atoms with E-state index in [1.165, 1.54) is 18.3 Å². The second-order valence-electron chi connectivity index (χ2n) is 3.31. The van der Waals surface area contributed by atoms with Gasteiger partial charge in [0.1, 0.15) is 0 Å². The molecular weight excluding hydrogens is 202 g/mol. The number of benzene rings is 1. The lowest BCUT2D eigenvalue weighted by molar-refractivity contribution is 0.0815. The van der Waals surface area contributed by atoms with E-state index in [1.54, 1.807) is 0 Å². The maximum absolute atomic E-state index is 12.1. The number of hydrogen-bond donors (Lipinski definition) is 0. The highest BCUT2D eigenvalue weighted by atomic mass is 16.2. The van der Waals surface area contributed by atoms with Crippen molar-refractivity contribution in [3.8, 4) is 11.3 Å². The fourth-order valence-corrected chi connectivity index (χ4v) is 1.68. The van der Waals surface area contributed by atoms with Crippen molar-refractivity contribution >= 4 is 11.6 Å². The molecular formula is C13H7NO2. The summed E-state index contributed by atoms with van der Waals surface area (Å²) in [5, 5.41) is 0. The number of carbonyl (C=O) groups is 2. The highest BCUT2D eigenvalue weighted by molar-refractivity contribution is 6.52. The molecule has 16 heavy (non-hydrogen) atoms. The third-order valence-corrected chi connectivity index (χ3v) is 2.41. The van der Waals surface area contributed by atoms with Crippen molar-refractivity contribution in [2.24, 2.45) is 0 Å². The van der Waals surface area contributed by atoms with E-state index in [1.807, 2.05) is 0 Å². The van der Waals surface area contributed by atoms with Gasteiger partial charge in [0.2, 0.25) is 11.6 Å². The molecule has 0 saturated heterocycles. The average Bonchev–Trinajstić information content (AvgIpc) is 2.46. The minimum Gasteiger partial charge on any atom is -0.285 e. The summed E-state index contributed by atoms with van der Waals surface area (Å²) in [4.78, 5) is 28.1. The Morgan fingerprint density at radius 1 is 1.00 bits per heavy atom. The molecule has 0 amide bonds. The van der Waals surface area contributed by atoms with Crippen molar-refractivity contribution in [3.05, 3.63) is 53.6 Å². The van der Waals surface area contributed by atoms with Crippen LogP contribution in [0.2, 0.25) is 0 Å². The first-order valence-electron chi connectivity index (χ1n) is 6.60. The lowest BCUT2D eigenvalue weighted by atomic mass is 9.87. The van der Waals surface area contributed by atoms with E-state index in [-0.39, 0.29) is 28.4 Å². The Morgan fingerprint density at radius 2 is 1.69 bits per heavy atom. The summed E-state index contributed by atoms with van der Waals surface area (Å²) in [6, 6.07) is 1.08. The molecule has 1 aromatic heterocycles. The van der Waals surface area contributed by atoms with Crippen molar-refractivity contribution in [2.45, 2.75) is 0 Å². The van der Waals surface area contributed by atoms with Gasteiger partial charge in [0, 0.05) is 17.3 Å². The summed E-state index contributed by atoms with van der Waals surface area (Å²) in [7, 11) is 0. The van der Waals surface area contributed by atoms with Crippen LogP contribution >= 0.6 is 0 Å². The quantitative estimate of drug-likeness (QED) is 0.630. The van der Waals surface area contributed by atoms with Gasteiger partial charge in [-0.05, 0) is 12.1 Å². The van der Waals surface area contributed by atoms with Crippen LogP contribution < -0.4 is 0 Å². The molecule has 0 unspecified atom stereocenters. The molecule has 0 saturated carbocycles. The Bertz CT molecular complexity index is 801. The molecule has 0 atom stereocenters. The number of pyridine rings is 1. The van der Waals surface area contributed by atoms with Crippen molar-refractivity contribution in [1.29, 1.82) is 0 Å². The van der Waals surface area contributed by atoms with E-state index >= 15 is 0 Å². The van der Waals surface area contributed by atoms with Gasteiger partial charge in [-0.25, -0.2) is 0 Å². The van der Waals surface area contributed by atoms with E-state index in [0.29, 0.717) is 0 Å². The second kappa shape index (κ2) is 3.10. The fraction of sp³-hybridized carbons (Fsp3) is 0. The van der Waals surface area contributed by atoms with Gasteiger partial charge in [-0.1, -0.05) is 24.2 Å². The van der Waals surface area contributed by atoms with E-state index < -0.39 is 29.7 Å². The average molecular weight is 213 g/mol. The smallest absolute Gasteiger partial charge is 0.235 e. The van der Waals surface area contributed by atoms with Gasteiger partial charge < -0.3 is 0 Å². The van der Waals surface area contributed by atoms with E-state index in [4.69, 9.17) is 5.48 Å². The molecule has 1 aromatic carbocycles. The summed E-state index contributed by atoms with van der Waals surface area (Å²) < 4.78 is 30.9. The van der Waals surface area contributed by atoms with Gasteiger partial charge >= 0.3 is 0 Å². The highest BCUT2D eigenvalue weighted by Crippen LogP contribution is 2.30. The SMILES string of the molecule is [2H]c1c([2H])c([2H])c2c(c1[2H])C(=O)C(=O)c1cccnc1-2. The molecule has 0 fully saturated rings. The Labute approximate surface area is 97.4 Å². The summed E-state index contributed by atoms with van der Waals surface area (Å²) >= 11 is 0. The molecule has 0 N–H and O–H groups in total. The van der Waals surface area contributed by atoms with Crippen molar-refractivity contribution in [3.63, 3.8) is 0 Å². The van der Waals surface area contributed by atoms with Crippen molar-refractivity contribution in [2.75, 3.05) is 0 Å². The van der Waals surface area contributed by atoms with Gasteiger partial charge in [0.15, 0.2) is 0 Å². The van der Waals surface area contributed by atoms with Gasteiger partial charge in [-0.3, -0.25) is 14.6 Å². The van der Waals surface area contributed by atoms with Gasteiger partial charge in [0.25, 0.3) is 0 Å². The number of rotatable bonds is 0. The first-order chi connectivity index (χ1) is 9.45. The molecule has 3 heteroatoms. The maximum Gasteiger partial charge on any atom is 0.235 e. The third kappa shape index (κ3) is 1.05. The lowest BCUT2D eigenvalue weighted by Gasteiger charge is -2.15. The fourth-order valence-electron chi connectivity index (χ4n) is 1.68. The van der Waals surface area contributed by atoms with Gasteiger partial charge in [0.05, 0.1) is 16.7 Å². The molecule has 2 aromatic rings. The summed E-state index contributed by atoms with van der Waals surface area (Å²) in [6.07, 6.45) is 1.41. The molecule has 76 valence electrons. The predicted octanol–water partition coefficient (Wildman–Crippen LogP) is 2.13. The summed E-state index contributed by atoms with van der Waals surface area (Å²) in [6.45, 7) is 0. The number of carbonyl (C=O) groups excluding carboxylic acids is 2. The number of nitrogens with zero attached hydrogens (tertiary/aromatic N) is 1. The van der Waals surface area contributed by atoms with Crippen LogP contribution in [0, 0.1) is 0 Å². The largest absolute Gasteiger partial charge is 0.285 e. The molecule has 3 nitrogen and oxygen atoms in total. The summed E-state index contributed by atoms with van der Waals surface area (Å²) in [5.41, 5.74) is -0.113. The van der Waals surface area contributed by atoms with Crippen LogP contribution in [0.5, 0.6) is 0 Å². The normalized spacial score (nSPS) is 16.8. The molecule has 3 rings (SSSR count). The Balaban J connectivity index is 2.54. The zero-order valence-electron chi connectivity index (χ0n) is 12.0. The molecule has 0 radical (unpaired) electrons. The van der Waals surface area contributed by atoms with Crippen LogP contribution in [-0.4, -0.2) is 16.6 Å². The Kier molecular flexibility index (Phi) is 1.10. The van der Waals surface area contributed by atoms with Gasteiger partial charge in [-0.2, -0.15) is 0 Å². The topological polar surface area (TPSA) is 47.0 Å². The van der Waals surface area contributed by atoms with Crippen LogP contribution in [0.1, 0.15) is 26.2 Å². The predicted molar refractivity (Wildman–Crippen MR) is 58.3 cm³/mol. The third-order valence-electron chi connectivity index (χ3n) is 2.41. The number of Topliss-reactive ketones (excluding diaryl/α,β-unsaturated/α-hetero) is 2. The van der Waals surface area contributed by atoms with Crippen LogP contribution in [-0.2, 0) is 0 Å². The van der Waals surface area contributed by atoms with Crippen LogP contribution in [0.4, 0.5) is 0 Å². The molecule has 1 aliphatic carbocycles. The first-order valence-corrected chi connectivity index (χ1v) is 4.60. The first kappa shape index (κ1) is 5.70. The molecule has 0 aliphatic heterocycles.